The number of aryl methyl sites for hydroxylation is 2. The predicted molar refractivity (Wildman–Crippen MR) is 143 cm³/mol. The van der Waals surface area contributed by atoms with Crippen molar-refractivity contribution in [1.82, 2.24) is 14.4 Å². The molecular formula is C31H31N3O2. The van der Waals surface area contributed by atoms with Gasteiger partial charge in [-0.15, -0.1) is 0 Å². The van der Waals surface area contributed by atoms with Crippen LogP contribution in [0.15, 0.2) is 72.8 Å². The Hall–Kier alpha value is -3.86. The lowest BCUT2D eigenvalue weighted by Gasteiger charge is -2.31. The number of likely N-dealkylation sites (tertiary alicyclic amines) is 1. The second-order valence-electron chi connectivity index (χ2n) is 10.1. The molecule has 3 aromatic carbocycles. The molecule has 1 aromatic heterocycles. The zero-order valence-electron chi connectivity index (χ0n) is 20.9. The summed E-state index contributed by atoms with van der Waals surface area (Å²) in [5.41, 5.74) is 7.25. The summed E-state index contributed by atoms with van der Waals surface area (Å²) in [5.74, 6) is -0.0262. The van der Waals surface area contributed by atoms with Gasteiger partial charge in [-0.25, -0.2) is 0 Å². The first-order valence-corrected chi connectivity index (χ1v) is 12.9. The van der Waals surface area contributed by atoms with E-state index in [4.69, 9.17) is 0 Å². The number of amides is 2. The van der Waals surface area contributed by atoms with Crippen molar-refractivity contribution >= 4 is 22.7 Å². The first kappa shape index (κ1) is 22.6. The number of fused-ring (bicyclic) bond motifs is 2. The van der Waals surface area contributed by atoms with Crippen LogP contribution < -0.4 is 0 Å². The molecule has 0 radical (unpaired) electrons. The molecule has 2 amide bonds. The van der Waals surface area contributed by atoms with Crippen LogP contribution in [0.3, 0.4) is 0 Å². The maximum absolute atomic E-state index is 13.8. The molecule has 4 aromatic rings. The molecule has 182 valence electrons. The van der Waals surface area contributed by atoms with Crippen molar-refractivity contribution in [3.8, 4) is 11.3 Å². The zero-order chi connectivity index (χ0) is 24.8. The normalized spacial score (nSPS) is 17.6. The molecule has 5 heteroatoms. The third kappa shape index (κ3) is 3.62. The Morgan fingerprint density at radius 2 is 1.58 bits per heavy atom. The third-order valence-electron chi connectivity index (χ3n) is 7.82. The fraction of sp³-hybridized carbons (Fsp3) is 0.290. The molecule has 1 atom stereocenters. The van der Waals surface area contributed by atoms with Gasteiger partial charge in [0.1, 0.15) is 6.54 Å². The number of carbonyl (C=O) groups is 2. The SMILES string of the molecule is Cc1ccc(-c2c(C3c4ccccc4C(=O)N3CC(=O)N3CCCCC3)c3ccccc3n2C)cc1. The van der Waals surface area contributed by atoms with Crippen LogP contribution in [0.2, 0.25) is 0 Å². The highest BCUT2D eigenvalue weighted by molar-refractivity contribution is 6.03. The van der Waals surface area contributed by atoms with E-state index in [1.807, 2.05) is 29.2 Å². The molecule has 2 aliphatic heterocycles. The molecule has 2 aliphatic rings. The maximum atomic E-state index is 13.8. The highest BCUT2D eigenvalue weighted by Crippen LogP contribution is 2.46. The van der Waals surface area contributed by atoms with Crippen molar-refractivity contribution in [2.75, 3.05) is 19.6 Å². The van der Waals surface area contributed by atoms with Crippen molar-refractivity contribution < 1.29 is 9.59 Å². The van der Waals surface area contributed by atoms with E-state index in [1.54, 1.807) is 4.90 Å². The van der Waals surface area contributed by atoms with Gasteiger partial charge in [-0.2, -0.15) is 0 Å². The van der Waals surface area contributed by atoms with Crippen LogP contribution in [-0.4, -0.2) is 45.8 Å². The van der Waals surface area contributed by atoms with Crippen LogP contribution in [0, 0.1) is 6.92 Å². The highest BCUT2D eigenvalue weighted by Gasteiger charge is 2.42. The van der Waals surface area contributed by atoms with Crippen molar-refractivity contribution in [3.63, 3.8) is 0 Å². The summed E-state index contributed by atoms with van der Waals surface area (Å²) in [6.45, 7) is 3.74. The molecule has 0 saturated carbocycles. The molecule has 6 rings (SSSR count). The first-order valence-electron chi connectivity index (χ1n) is 12.9. The van der Waals surface area contributed by atoms with E-state index in [0.717, 1.165) is 65.6 Å². The minimum absolute atomic E-state index is 0.0398. The topological polar surface area (TPSA) is 45.6 Å². The van der Waals surface area contributed by atoms with Gasteiger partial charge in [0.15, 0.2) is 0 Å². The Kier molecular flexibility index (Phi) is 5.63. The van der Waals surface area contributed by atoms with Crippen molar-refractivity contribution in [2.45, 2.75) is 32.2 Å². The van der Waals surface area contributed by atoms with Gasteiger partial charge in [0, 0.05) is 42.2 Å². The third-order valence-corrected chi connectivity index (χ3v) is 7.82. The number of para-hydroxylation sites is 1. The number of carbonyl (C=O) groups excluding carboxylic acids is 2. The lowest BCUT2D eigenvalue weighted by Crippen LogP contribution is -2.44. The standard InChI is InChI=1S/C31H31N3O2/c1-21-14-16-22(17-15-21)29-28(25-12-6-7-13-26(25)32(29)2)30-23-10-4-5-11-24(23)31(36)34(30)20-27(35)33-18-8-3-9-19-33/h4-7,10-17,30H,3,8-9,18-20H2,1-2H3. The maximum Gasteiger partial charge on any atom is 0.255 e. The lowest BCUT2D eigenvalue weighted by molar-refractivity contribution is -0.133. The van der Waals surface area contributed by atoms with Gasteiger partial charge in [0.05, 0.1) is 11.7 Å². The summed E-state index contributed by atoms with van der Waals surface area (Å²) in [6.07, 6.45) is 3.23. The van der Waals surface area contributed by atoms with E-state index < -0.39 is 0 Å². The summed E-state index contributed by atoms with van der Waals surface area (Å²) in [7, 11) is 2.09. The predicted octanol–water partition coefficient (Wildman–Crippen LogP) is 5.71. The molecule has 1 saturated heterocycles. The van der Waals surface area contributed by atoms with Gasteiger partial charge < -0.3 is 14.4 Å². The Bertz CT molecular complexity index is 1460. The Balaban J connectivity index is 1.54. The Morgan fingerprint density at radius 3 is 2.36 bits per heavy atom. The van der Waals surface area contributed by atoms with Gasteiger partial charge >= 0.3 is 0 Å². The lowest BCUT2D eigenvalue weighted by atomic mass is 9.93. The smallest absolute Gasteiger partial charge is 0.255 e. The van der Waals surface area contributed by atoms with Crippen LogP contribution in [0.1, 0.15) is 52.4 Å². The van der Waals surface area contributed by atoms with Crippen LogP contribution in [0.5, 0.6) is 0 Å². The van der Waals surface area contributed by atoms with E-state index in [2.05, 4.69) is 67.1 Å². The quantitative estimate of drug-likeness (QED) is 0.378. The second kappa shape index (κ2) is 8.98. The number of benzene rings is 3. The van der Waals surface area contributed by atoms with E-state index in [9.17, 15) is 9.59 Å². The molecule has 0 spiro atoms. The Labute approximate surface area is 211 Å². The zero-order valence-corrected chi connectivity index (χ0v) is 20.9. The molecule has 5 nitrogen and oxygen atoms in total. The number of hydrogen-bond donors (Lipinski definition) is 0. The van der Waals surface area contributed by atoms with Crippen molar-refractivity contribution in [3.05, 3.63) is 95.1 Å². The summed E-state index contributed by atoms with van der Waals surface area (Å²) in [4.78, 5) is 30.9. The molecule has 0 aliphatic carbocycles. The second-order valence-corrected chi connectivity index (χ2v) is 10.1. The number of aromatic nitrogens is 1. The monoisotopic (exact) mass is 477 g/mol. The number of nitrogens with zero attached hydrogens (tertiary/aromatic N) is 3. The minimum atomic E-state index is -0.329. The van der Waals surface area contributed by atoms with Gasteiger partial charge in [0.25, 0.3) is 5.91 Å². The summed E-state index contributed by atoms with van der Waals surface area (Å²) >= 11 is 0. The fourth-order valence-electron chi connectivity index (χ4n) is 5.99. The van der Waals surface area contributed by atoms with Gasteiger partial charge in [-0.3, -0.25) is 9.59 Å². The number of piperidine rings is 1. The number of rotatable bonds is 4. The summed E-state index contributed by atoms with van der Waals surface area (Å²) < 4.78 is 2.23. The van der Waals surface area contributed by atoms with Crippen molar-refractivity contribution in [2.24, 2.45) is 7.05 Å². The molecule has 3 heterocycles. The van der Waals surface area contributed by atoms with E-state index in [0.29, 0.717) is 5.56 Å². The first-order chi connectivity index (χ1) is 17.5. The Morgan fingerprint density at radius 1 is 0.889 bits per heavy atom. The van der Waals surface area contributed by atoms with Crippen LogP contribution in [0.25, 0.3) is 22.2 Å². The van der Waals surface area contributed by atoms with Gasteiger partial charge in [-0.05, 0) is 49.4 Å². The molecular weight excluding hydrogens is 446 g/mol. The molecule has 0 N–H and O–H groups in total. The van der Waals surface area contributed by atoms with Crippen LogP contribution in [0.4, 0.5) is 0 Å². The average Bonchev–Trinajstić information content (AvgIpc) is 3.36. The molecule has 1 unspecified atom stereocenters. The van der Waals surface area contributed by atoms with E-state index >= 15 is 0 Å². The van der Waals surface area contributed by atoms with Crippen LogP contribution in [-0.2, 0) is 11.8 Å². The molecule has 36 heavy (non-hydrogen) atoms. The largest absolute Gasteiger partial charge is 0.343 e. The average molecular weight is 478 g/mol. The van der Waals surface area contributed by atoms with Gasteiger partial charge in [0.2, 0.25) is 5.91 Å². The summed E-state index contributed by atoms with van der Waals surface area (Å²) in [6, 6.07) is 24.4. The van der Waals surface area contributed by atoms with E-state index in [1.165, 1.54) is 5.56 Å². The van der Waals surface area contributed by atoms with E-state index in [-0.39, 0.29) is 24.4 Å². The fourth-order valence-corrected chi connectivity index (χ4v) is 5.99. The van der Waals surface area contributed by atoms with Gasteiger partial charge in [-0.1, -0.05) is 66.2 Å². The number of hydrogen-bond acceptors (Lipinski definition) is 2. The molecule has 1 fully saturated rings. The van der Waals surface area contributed by atoms with Crippen LogP contribution >= 0.6 is 0 Å². The van der Waals surface area contributed by atoms with Crippen molar-refractivity contribution in [1.29, 1.82) is 0 Å². The summed E-state index contributed by atoms with van der Waals surface area (Å²) in [5, 5.41) is 1.11. The minimum Gasteiger partial charge on any atom is -0.343 e. The highest BCUT2D eigenvalue weighted by atomic mass is 16.2. The molecule has 0 bridgehead atoms.